The van der Waals surface area contributed by atoms with E-state index in [1.807, 2.05) is 38.1 Å². The molecule has 6 heteroatoms. The summed E-state index contributed by atoms with van der Waals surface area (Å²) in [5, 5.41) is 3.01. The predicted octanol–water partition coefficient (Wildman–Crippen LogP) is 3.30. The lowest BCUT2D eigenvalue weighted by atomic mass is 10.1. The SMILES string of the molecule is COc1cccc(C(=O)N2CCN(C(=O)Nc3c(C)cccc3C)CC2)c1. The molecule has 1 aliphatic rings. The summed E-state index contributed by atoms with van der Waals surface area (Å²) in [7, 11) is 1.58. The van der Waals surface area contributed by atoms with E-state index in [9.17, 15) is 9.59 Å². The van der Waals surface area contributed by atoms with E-state index in [1.54, 1.807) is 35.1 Å². The van der Waals surface area contributed by atoms with Crippen molar-refractivity contribution in [1.82, 2.24) is 9.80 Å². The van der Waals surface area contributed by atoms with Gasteiger partial charge in [-0.1, -0.05) is 24.3 Å². The number of carbonyl (C=O) groups excluding carboxylic acids is 2. The van der Waals surface area contributed by atoms with Gasteiger partial charge in [-0.15, -0.1) is 0 Å². The highest BCUT2D eigenvalue weighted by atomic mass is 16.5. The summed E-state index contributed by atoms with van der Waals surface area (Å²) in [6.45, 7) is 5.99. The van der Waals surface area contributed by atoms with Gasteiger partial charge in [0.15, 0.2) is 0 Å². The minimum atomic E-state index is -0.124. The van der Waals surface area contributed by atoms with Gasteiger partial charge in [0, 0.05) is 37.4 Å². The lowest BCUT2D eigenvalue weighted by Gasteiger charge is -2.35. The highest BCUT2D eigenvalue weighted by Gasteiger charge is 2.25. The molecule has 27 heavy (non-hydrogen) atoms. The molecule has 2 aromatic rings. The van der Waals surface area contributed by atoms with E-state index in [4.69, 9.17) is 4.74 Å². The molecule has 0 spiro atoms. The van der Waals surface area contributed by atoms with Crippen LogP contribution in [0.2, 0.25) is 0 Å². The van der Waals surface area contributed by atoms with Crippen LogP contribution in [0.15, 0.2) is 42.5 Å². The zero-order valence-corrected chi connectivity index (χ0v) is 16.0. The second kappa shape index (κ2) is 8.12. The fourth-order valence-corrected chi connectivity index (χ4v) is 3.25. The van der Waals surface area contributed by atoms with Crippen LogP contribution in [0.25, 0.3) is 0 Å². The molecule has 1 aliphatic heterocycles. The minimum absolute atomic E-state index is 0.0382. The molecule has 0 radical (unpaired) electrons. The normalized spacial score (nSPS) is 14.0. The Morgan fingerprint density at radius 2 is 1.52 bits per heavy atom. The van der Waals surface area contributed by atoms with Crippen molar-refractivity contribution >= 4 is 17.6 Å². The summed E-state index contributed by atoms with van der Waals surface area (Å²) in [4.78, 5) is 28.8. The zero-order valence-electron chi connectivity index (χ0n) is 16.0. The summed E-state index contributed by atoms with van der Waals surface area (Å²) < 4.78 is 5.18. The molecule has 0 bridgehead atoms. The molecule has 1 fully saturated rings. The molecule has 0 saturated carbocycles. The van der Waals surface area contributed by atoms with Crippen LogP contribution < -0.4 is 10.1 Å². The predicted molar refractivity (Wildman–Crippen MR) is 105 cm³/mol. The smallest absolute Gasteiger partial charge is 0.321 e. The number of para-hydroxylation sites is 1. The molecule has 1 saturated heterocycles. The van der Waals surface area contributed by atoms with E-state index in [0.29, 0.717) is 37.5 Å². The average molecular weight is 367 g/mol. The minimum Gasteiger partial charge on any atom is -0.497 e. The van der Waals surface area contributed by atoms with Crippen LogP contribution in [0.4, 0.5) is 10.5 Å². The van der Waals surface area contributed by atoms with Crippen molar-refractivity contribution in [3.8, 4) is 5.75 Å². The fraction of sp³-hybridized carbons (Fsp3) is 0.333. The molecule has 6 nitrogen and oxygen atoms in total. The Hall–Kier alpha value is -3.02. The third-order valence-electron chi connectivity index (χ3n) is 4.88. The maximum absolute atomic E-state index is 12.7. The number of nitrogens with zero attached hydrogens (tertiary/aromatic N) is 2. The van der Waals surface area contributed by atoms with Crippen molar-refractivity contribution in [3.05, 3.63) is 59.2 Å². The number of hydrogen-bond donors (Lipinski definition) is 1. The summed E-state index contributed by atoms with van der Waals surface area (Å²) in [6.07, 6.45) is 0. The third-order valence-corrected chi connectivity index (χ3v) is 4.88. The molecule has 0 unspecified atom stereocenters. The Bertz CT molecular complexity index is 822. The van der Waals surface area contributed by atoms with Crippen LogP contribution in [-0.2, 0) is 0 Å². The molecule has 0 aliphatic carbocycles. The quantitative estimate of drug-likeness (QED) is 0.905. The van der Waals surface area contributed by atoms with Gasteiger partial charge in [0.2, 0.25) is 0 Å². The molecule has 2 aromatic carbocycles. The van der Waals surface area contributed by atoms with Crippen LogP contribution in [-0.4, -0.2) is 55.0 Å². The van der Waals surface area contributed by atoms with Crippen molar-refractivity contribution in [2.75, 3.05) is 38.6 Å². The number of nitrogens with one attached hydrogen (secondary N) is 1. The van der Waals surface area contributed by atoms with Crippen LogP contribution >= 0.6 is 0 Å². The maximum Gasteiger partial charge on any atom is 0.321 e. The van der Waals surface area contributed by atoms with E-state index < -0.39 is 0 Å². The number of piperazine rings is 1. The van der Waals surface area contributed by atoms with E-state index in [-0.39, 0.29) is 11.9 Å². The van der Waals surface area contributed by atoms with Crippen molar-refractivity contribution in [3.63, 3.8) is 0 Å². The number of amides is 3. The van der Waals surface area contributed by atoms with Gasteiger partial charge in [-0.3, -0.25) is 4.79 Å². The first-order chi connectivity index (χ1) is 13.0. The first kappa shape index (κ1) is 18.8. The molecule has 0 aromatic heterocycles. The lowest BCUT2D eigenvalue weighted by Crippen LogP contribution is -2.51. The van der Waals surface area contributed by atoms with Crippen LogP contribution in [0.5, 0.6) is 5.75 Å². The van der Waals surface area contributed by atoms with Crippen LogP contribution in [0, 0.1) is 13.8 Å². The average Bonchev–Trinajstić information content (AvgIpc) is 2.70. The number of urea groups is 1. The Labute approximate surface area is 159 Å². The van der Waals surface area contributed by atoms with Gasteiger partial charge in [-0.25, -0.2) is 4.79 Å². The molecule has 1 N–H and O–H groups in total. The standard InChI is InChI=1S/C21H25N3O3/c1-15-6-4-7-16(2)19(15)22-21(26)24-12-10-23(11-13-24)20(25)17-8-5-9-18(14-17)27-3/h4-9,14H,10-13H2,1-3H3,(H,22,26). The molecule has 3 amide bonds. The van der Waals surface area contributed by atoms with Gasteiger partial charge in [0.05, 0.1) is 7.11 Å². The monoisotopic (exact) mass is 367 g/mol. The van der Waals surface area contributed by atoms with Gasteiger partial charge >= 0.3 is 6.03 Å². The Kier molecular flexibility index (Phi) is 5.64. The van der Waals surface area contributed by atoms with Gasteiger partial charge in [-0.2, -0.15) is 0 Å². The van der Waals surface area contributed by atoms with Crippen molar-refractivity contribution in [1.29, 1.82) is 0 Å². The summed E-state index contributed by atoms with van der Waals surface area (Å²) in [5.74, 6) is 0.621. The number of hydrogen-bond acceptors (Lipinski definition) is 3. The topological polar surface area (TPSA) is 61.9 Å². The highest BCUT2D eigenvalue weighted by molar-refractivity contribution is 5.95. The number of carbonyl (C=O) groups is 2. The summed E-state index contributed by atoms with van der Waals surface area (Å²) in [6, 6.07) is 12.9. The Morgan fingerprint density at radius 1 is 0.926 bits per heavy atom. The third kappa shape index (κ3) is 4.22. The maximum atomic E-state index is 12.7. The van der Waals surface area contributed by atoms with E-state index >= 15 is 0 Å². The van der Waals surface area contributed by atoms with Gasteiger partial charge in [0.25, 0.3) is 5.91 Å². The molecule has 142 valence electrons. The van der Waals surface area contributed by atoms with Gasteiger partial charge in [-0.05, 0) is 43.2 Å². The second-order valence-electron chi connectivity index (χ2n) is 6.71. The highest BCUT2D eigenvalue weighted by Crippen LogP contribution is 2.20. The number of methoxy groups -OCH3 is 1. The number of benzene rings is 2. The van der Waals surface area contributed by atoms with Crippen LogP contribution in [0.3, 0.4) is 0 Å². The fourth-order valence-electron chi connectivity index (χ4n) is 3.25. The molecule has 1 heterocycles. The van der Waals surface area contributed by atoms with Gasteiger partial charge < -0.3 is 19.9 Å². The lowest BCUT2D eigenvalue weighted by molar-refractivity contribution is 0.0671. The first-order valence-corrected chi connectivity index (χ1v) is 9.05. The van der Waals surface area contributed by atoms with E-state index in [2.05, 4.69) is 5.32 Å². The number of ether oxygens (including phenoxy) is 1. The molecular formula is C21H25N3O3. The Morgan fingerprint density at radius 3 is 2.15 bits per heavy atom. The summed E-state index contributed by atoms with van der Waals surface area (Å²) in [5.41, 5.74) is 3.53. The van der Waals surface area contributed by atoms with E-state index in [1.165, 1.54) is 0 Å². The Balaban J connectivity index is 1.59. The number of rotatable bonds is 3. The van der Waals surface area contributed by atoms with Crippen molar-refractivity contribution < 1.29 is 14.3 Å². The van der Waals surface area contributed by atoms with Gasteiger partial charge in [0.1, 0.15) is 5.75 Å². The first-order valence-electron chi connectivity index (χ1n) is 9.05. The molecule has 0 atom stereocenters. The number of anilines is 1. The summed E-state index contributed by atoms with van der Waals surface area (Å²) >= 11 is 0. The molecular weight excluding hydrogens is 342 g/mol. The van der Waals surface area contributed by atoms with E-state index in [0.717, 1.165) is 16.8 Å². The molecule has 3 rings (SSSR count). The second-order valence-corrected chi connectivity index (χ2v) is 6.71. The largest absolute Gasteiger partial charge is 0.497 e. The van der Waals surface area contributed by atoms with Crippen molar-refractivity contribution in [2.24, 2.45) is 0 Å². The van der Waals surface area contributed by atoms with Crippen molar-refractivity contribution in [2.45, 2.75) is 13.8 Å². The van der Waals surface area contributed by atoms with Crippen LogP contribution in [0.1, 0.15) is 21.5 Å². The zero-order chi connectivity index (χ0) is 19.4. The number of aryl methyl sites for hydroxylation is 2.